The van der Waals surface area contributed by atoms with Gasteiger partial charge >= 0.3 is 0 Å². The van der Waals surface area contributed by atoms with Gasteiger partial charge in [-0.1, -0.05) is 30.3 Å². The molecule has 2 N–H and O–H groups in total. The highest BCUT2D eigenvalue weighted by Gasteiger charge is 2.22. The van der Waals surface area contributed by atoms with Crippen LogP contribution < -0.4 is 10.6 Å². The highest BCUT2D eigenvalue weighted by atomic mass is 127. The normalized spacial score (nSPS) is 20.3. The highest BCUT2D eigenvalue weighted by Crippen LogP contribution is 2.32. The molecule has 6 heteroatoms. The Kier molecular flexibility index (Phi) is 8.34. The van der Waals surface area contributed by atoms with Crippen LogP contribution in [0.4, 0.5) is 0 Å². The highest BCUT2D eigenvalue weighted by molar-refractivity contribution is 14.0. The number of nitrogens with zero attached hydrogens (tertiary/aromatic N) is 2. The SMILES string of the molecule is CN=C(NCc1nc(C)c(C)s1)NC1CCC(c2ccccc2)CC1.I. The number of aromatic nitrogens is 1. The summed E-state index contributed by atoms with van der Waals surface area (Å²) in [6.45, 7) is 4.92. The van der Waals surface area contributed by atoms with E-state index >= 15 is 0 Å². The van der Waals surface area contributed by atoms with Crippen LogP contribution in [-0.2, 0) is 6.54 Å². The van der Waals surface area contributed by atoms with Crippen molar-refractivity contribution in [3.63, 3.8) is 0 Å². The summed E-state index contributed by atoms with van der Waals surface area (Å²) in [5, 5.41) is 8.10. The predicted octanol–water partition coefficient (Wildman–Crippen LogP) is 4.77. The van der Waals surface area contributed by atoms with Crippen LogP contribution in [0.3, 0.4) is 0 Å². The van der Waals surface area contributed by atoms with E-state index in [0.717, 1.165) is 23.2 Å². The minimum absolute atomic E-state index is 0. The number of guanidine groups is 1. The lowest BCUT2D eigenvalue weighted by atomic mass is 9.82. The number of hydrogen-bond acceptors (Lipinski definition) is 3. The molecular weight excluding hydrogens is 455 g/mol. The van der Waals surface area contributed by atoms with Crippen molar-refractivity contribution < 1.29 is 0 Å². The second kappa shape index (κ2) is 10.3. The molecule has 26 heavy (non-hydrogen) atoms. The fraction of sp³-hybridized carbons (Fsp3) is 0.500. The molecule has 1 aliphatic carbocycles. The van der Waals surface area contributed by atoms with Gasteiger partial charge in [0.1, 0.15) is 5.01 Å². The van der Waals surface area contributed by atoms with Gasteiger partial charge < -0.3 is 10.6 Å². The average molecular weight is 484 g/mol. The van der Waals surface area contributed by atoms with Crippen LogP contribution in [-0.4, -0.2) is 24.0 Å². The fourth-order valence-electron chi connectivity index (χ4n) is 3.46. The average Bonchev–Trinajstić information content (AvgIpc) is 2.97. The number of benzene rings is 1. The Hall–Kier alpha value is -1.15. The Morgan fingerprint density at radius 2 is 1.85 bits per heavy atom. The number of aliphatic imine (C=N–C) groups is 1. The Balaban J connectivity index is 0.00000243. The first kappa shape index (κ1) is 21.2. The zero-order valence-electron chi connectivity index (χ0n) is 15.8. The van der Waals surface area contributed by atoms with Gasteiger partial charge in [0.2, 0.25) is 0 Å². The van der Waals surface area contributed by atoms with E-state index in [4.69, 9.17) is 0 Å². The summed E-state index contributed by atoms with van der Waals surface area (Å²) >= 11 is 1.75. The molecule has 0 saturated heterocycles. The molecule has 142 valence electrons. The monoisotopic (exact) mass is 484 g/mol. The molecule has 4 nitrogen and oxygen atoms in total. The molecule has 1 aromatic heterocycles. The van der Waals surface area contributed by atoms with Crippen LogP contribution in [0, 0.1) is 13.8 Å². The molecule has 1 heterocycles. The minimum atomic E-state index is 0. The molecule has 0 amide bonds. The van der Waals surface area contributed by atoms with Crippen LogP contribution in [0.5, 0.6) is 0 Å². The third-order valence-corrected chi connectivity index (χ3v) is 6.12. The fourth-order valence-corrected chi connectivity index (χ4v) is 4.33. The van der Waals surface area contributed by atoms with Crippen LogP contribution in [0.1, 0.15) is 52.7 Å². The molecule has 0 unspecified atom stereocenters. The molecule has 0 radical (unpaired) electrons. The van der Waals surface area contributed by atoms with E-state index in [0.29, 0.717) is 12.0 Å². The Morgan fingerprint density at radius 1 is 1.15 bits per heavy atom. The van der Waals surface area contributed by atoms with E-state index in [-0.39, 0.29) is 24.0 Å². The molecule has 1 aliphatic rings. The summed E-state index contributed by atoms with van der Waals surface area (Å²) in [7, 11) is 1.84. The second-order valence-electron chi connectivity index (χ2n) is 6.78. The lowest BCUT2D eigenvalue weighted by molar-refractivity contribution is 0.371. The van der Waals surface area contributed by atoms with Crippen molar-refractivity contribution in [1.29, 1.82) is 0 Å². The van der Waals surface area contributed by atoms with Crippen molar-refractivity contribution in [2.75, 3.05) is 7.05 Å². The third kappa shape index (κ3) is 5.67. The van der Waals surface area contributed by atoms with Crippen molar-refractivity contribution in [1.82, 2.24) is 15.6 Å². The number of hydrogen-bond donors (Lipinski definition) is 2. The summed E-state index contributed by atoms with van der Waals surface area (Å²) in [5.41, 5.74) is 2.61. The van der Waals surface area contributed by atoms with E-state index in [1.807, 2.05) is 7.05 Å². The maximum Gasteiger partial charge on any atom is 0.191 e. The largest absolute Gasteiger partial charge is 0.354 e. The Labute approximate surface area is 177 Å². The summed E-state index contributed by atoms with van der Waals surface area (Å²) in [6.07, 6.45) is 4.86. The van der Waals surface area contributed by atoms with Crippen molar-refractivity contribution in [3.8, 4) is 0 Å². The van der Waals surface area contributed by atoms with Crippen molar-refractivity contribution >= 4 is 41.3 Å². The van der Waals surface area contributed by atoms with Gasteiger partial charge in [-0.05, 0) is 51.0 Å². The molecule has 1 saturated carbocycles. The Morgan fingerprint density at radius 3 is 2.42 bits per heavy atom. The van der Waals surface area contributed by atoms with Gasteiger partial charge in [0, 0.05) is 18.0 Å². The molecule has 1 fully saturated rings. The molecule has 3 rings (SSSR count). The number of halogens is 1. The van der Waals surface area contributed by atoms with Gasteiger partial charge in [-0.15, -0.1) is 35.3 Å². The Bertz CT molecular complexity index is 686. The van der Waals surface area contributed by atoms with Crippen LogP contribution in [0.25, 0.3) is 0 Å². The summed E-state index contributed by atoms with van der Waals surface area (Å²) in [4.78, 5) is 10.2. The molecule has 1 aromatic carbocycles. The quantitative estimate of drug-likeness (QED) is 0.374. The van der Waals surface area contributed by atoms with E-state index < -0.39 is 0 Å². The van der Waals surface area contributed by atoms with Crippen LogP contribution in [0.15, 0.2) is 35.3 Å². The van der Waals surface area contributed by atoms with Gasteiger partial charge in [-0.25, -0.2) is 4.98 Å². The standard InChI is InChI=1S/C20H28N4S.HI/c1-14-15(2)25-19(23-14)13-22-20(21-3)24-18-11-9-17(10-12-18)16-7-5-4-6-8-16;/h4-8,17-18H,9-13H2,1-3H3,(H2,21,22,24);1H. The van der Waals surface area contributed by atoms with Crippen molar-refractivity contribution in [3.05, 3.63) is 51.5 Å². The lowest BCUT2D eigenvalue weighted by Gasteiger charge is -2.30. The lowest BCUT2D eigenvalue weighted by Crippen LogP contribution is -2.44. The molecule has 0 bridgehead atoms. The summed E-state index contributed by atoms with van der Waals surface area (Å²) < 4.78 is 0. The zero-order valence-corrected chi connectivity index (χ0v) is 18.9. The van der Waals surface area contributed by atoms with E-state index in [1.165, 1.54) is 36.1 Å². The van der Waals surface area contributed by atoms with Gasteiger partial charge in [0.15, 0.2) is 5.96 Å². The second-order valence-corrected chi connectivity index (χ2v) is 8.07. The van der Waals surface area contributed by atoms with Gasteiger partial charge in [-0.3, -0.25) is 4.99 Å². The van der Waals surface area contributed by atoms with Crippen molar-refractivity contribution in [2.24, 2.45) is 4.99 Å². The van der Waals surface area contributed by atoms with Crippen LogP contribution >= 0.6 is 35.3 Å². The summed E-state index contributed by atoms with van der Waals surface area (Å²) in [6, 6.07) is 11.4. The number of nitrogens with one attached hydrogen (secondary N) is 2. The topological polar surface area (TPSA) is 49.3 Å². The number of aryl methyl sites for hydroxylation is 2. The third-order valence-electron chi connectivity index (χ3n) is 5.04. The van der Waals surface area contributed by atoms with E-state index in [1.54, 1.807) is 11.3 Å². The molecule has 0 aliphatic heterocycles. The van der Waals surface area contributed by atoms with Gasteiger partial charge in [0.05, 0.1) is 12.2 Å². The molecule has 2 aromatic rings. The van der Waals surface area contributed by atoms with E-state index in [9.17, 15) is 0 Å². The van der Waals surface area contributed by atoms with Crippen LogP contribution in [0.2, 0.25) is 0 Å². The van der Waals surface area contributed by atoms with Gasteiger partial charge in [0.25, 0.3) is 0 Å². The first-order chi connectivity index (χ1) is 12.2. The number of thiazole rings is 1. The molecule has 0 atom stereocenters. The maximum absolute atomic E-state index is 4.58. The first-order valence-corrected chi connectivity index (χ1v) is 9.92. The predicted molar refractivity (Wildman–Crippen MR) is 122 cm³/mol. The van der Waals surface area contributed by atoms with E-state index in [2.05, 4.69) is 64.8 Å². The smallest absolute Gasteiger partial charge is 0.191 e. The maximum atomic E-state index is 4.58. The van der Waals surface area contributed by atoms with Gasteiger partial charge in [-0.2, -0.15) is 0 Å². The number of rotatable bonds is 4. The molecule has 0 spiro atoms. The minimum Gasteiger partial charge on any atom is -0.354 e. The summed E-state index contributed by atoms with van der Waals surface area (Å²) in [5.74, 6) is 1.59. The van der Waals surface area contributed by atoms with Crippen molar-refractivity contribution in [2.45, 2.75) is 58.0 Å². The first-order valence-electron chi connectivity index (χ1n) is 9.10. The zero-order chi connectivity index (χ0) is 17.6. The molecular formula is C20H29IN4S.